The van der Waals surface area contributed by atoms with Crippen LogP contribution in [0, 0.1) is 0 Å². The minimum Gasteiger partial charge on any atom is -0.393 e. The number of fused-ring (bicyclic) bond motifs is 1. The number of halogens is 6. The zero-order valence-electron chi connectivity index (χ0n) is 18.8. The number of hydrogen-bond donors (Lipinski definition) is 3. The molecule has 190 valence electrons. The number of amides is 2. The van der Waals surface area contributed by atoms with Crippen LogP contribution >= 0.6 is 0 Å². The van der Waals surface area contributed by atoms with Gasteiger partial charge in [-0.1, -0.05) is 30.3 Å². The van der Waals surface area contributed by atoms with E-state index in [4.69, 9.17) is 0 Å². The number of carbonyl (C=O) groups excluding carboxylic acids is 1. The van der Waals surface area contributed by atoms with Gasteiger partial charge in [-0.25, -0.2) is 4.79 Å². The van der Waals surface area contributed by atoms with Gasteiger partial charge in [0.15, 0.2) is 0 Å². The molecule has 0 radical (unpaired) electrons. The van der Waals surface area contributed by atoms with Gasteiger partial charge in [0.25, 0.3) is 0 Å². The third kappa shape index (κ3) is 5.99. The number of hydrogen-bond acceptors (Lipinski definition) is 2. The second kappa shape index (κ2) is 9.85. The molecule has 1 unspecified atom stereocenters. The molecule has 3 aromatic rings. The summed E-state index contributed by atoms with van der Waals surface area (Å²) in [6.45, 7) is -0.0115. The molecule has 4 rings (SSSR count). The third-order valence-corrected chi connectivity index (χ3v) is 6.01. The Bertz CT molecular complexity index is 1240. The van der Waals surface area contributed by atoms with Crippen molar-refractivity contribution in [2.45, 2.75) is 44.3 Å². The highest BCUT2D eigenvalue weighted by Crippen LogP contribution is 2.38. The number of benzene rings is 3. The first-order valence-corrected chi connectivity index (χ1v) is 11.1. The number of aryl methyl sites for hydroxylation is 1. The molecule has 1 aliphatic carbocycles. The quantitative estimate of drug-likeness (QED) is 0.350. The summed E-state index contributed by atoms with van der Waals surface area (Å²) in [5.74, 6) is 0. The van der Waals surface area contributed by atoms with Crippen molar-refractivity contribution in [1.82, 2.24) is 5.32 Å². The van der Waals surface area contributed by atoms with Crippen molar-refractivity contribution in [2.24, 2.45) is 0 Å². The fraction of sp³-hybridized carbons (Fsp3) is 0.269. The van der Waals surface area contributed by atoms with Crippen molar-refractivity contribution < 1.29 is 36.2 Å². The highest BCUT2D eigenvalue weighted by atomic mass is 19.4. The summed E-state index contributed by atoms with van der Waals surface area (Å²) in [5, 5.41) is 15.3. The van der Waals surface area contributed by atoms with Gasteiger partial charge < -0.3 is 15.7 Å². The van der Waals surface area contributed by atoms with Crippen molar-refractivity contribution in [2.75, 3.05) is 5.32 Å². The van der Waals surface area contributed by atoms with E-state index >= 15 is 0 Å². The maximum Gasteiger partial charge on any atom is 0.416 e. The molecule has 0 bridgehead atoms. The van der Waals surface area contributed by atoms with E-state index in [2.05, 4.69) is 10.6 Å². The lowest BCUT2D eigenvalue weighted by Gasteiger charge is -2.23. The van der Waals surface area contributed by atoms with Crippen LogP contribution in [-0.4, -0.2) is 17.2 Å². The summed E-state index contributed by atoms with van der Waals surface area (Å²) < 4.78 is 79.3. The van der Waals surface area contributed by atoms with E-state index in [-0.39, 0.29) is 23.7 Å². The first-order chi connectivity index (χ1) is 16.9. The van der Waals surface area contributed by atoms with Crippen LogP contribution in [0.15, 0.2) is 60.7 Å². The van der Waals surface area contributed by atoms with Gasteiger partial charge in [-0.15, -0.1) is 0 Å². The van der Waals surface area contributed by atoms with E-state index in [1.165, 1.54) is 18.2 Å². The summed E-state index contributed by atoms with van der Waals surface area (Å²) in [7, 11) is 0. The molecule has 10 heteroatoms. The number of aliphatic hydroxyl groups is 1. The lowest BCUT2D eigenvalue weighted by atomic mass is 9.88. The zero-order chi connectivity index (χ0) is 26.1. The van der Waals surface area contributed by atoms with Gasteiger partial charge in [0.2, 0.25) is 0 Å². The van der Waals surface area contributed by atoms with Crippen molar-refractivity contribution >= 4 is 11.7 Å². The predicted molar refractivity (Wildman–Crippen MR) is 122 cm³/mol. The lowest BCUT2D eigenvalue weighted by Crippen LogP contribution is -2.29. The van der Waals surface area contributed by atoms with Gasteiger partial charge in [0.05, 0.1) is 17.2 Å². The molecule has 2 amide bonds. The molecular formula is C26H22F6N2O2. The van der Waals surface area contributed by atoms with Crippen LogP contribution in [0.3, 0.4) is 0 Å². The SMILES string of the molecule is O=C(NCc1cccc(-c2cc(C(F)(F)F)cc(C(F)(F)F)c2)c1)Nc1cccc2c1CC(O)CC2. The Morgan fingerprint density at radius 2 is 1.56 bits per heavy atom. The van der Waals surface area contributed by atoms with Crippen LogP contribution in [0.2, 0.25) is 0 Å². The van der Waals surface area contributed by atoms with Crippen LogP contribution in [0.25, 0.3) is 11.1 Å². The van der Waals surface area contributed by atoms with Crippen LogP contribution in [0.1, 0.15) is 34.2 Å². The fourth-order valence-electron chi connectivity index (χ4n) is 4.22. The molecule has 4 nitrogen and oxygen atoms in total. The summed E-state index contributed by atoms with van der Waals surface area (Å²) in [6.07, 6.45) is -8.61. The molecule has 1 aliphatic rings. The molecule has 1 atom stereocenters. The molecule has 3 aromatic carbocycles. The van der Waals surface area contributed by atoms with Crippen LogP contribution in [0.5, 0.6) is 0 Å². The monoisotopic (exact) mass is 508 g/mol. The van der Waals surface area contributed by atoms with Crippen molar-refractivity contribution in [1.29, 1.82) is 0 Å². The second-order valence-electron chi connectivity index (χ2n) is 8.64. The molecule has 0 spiro atoms. The Morgan fingerprint density at radius 3 is 2.22 bits per heavy atom. The zero-order valence-corrected chi connectivity index (χ0v) is 18.8. The van der Waals surface area contributed by atoms with Gasteiger partial charge in [-0.3, -0.25) is 0 Å². The molecule has 36 heavy (non-hydrogen) atoms. The highest BCUT2D eigenvalue weighted by Gasteiger charge is 2.37. The Labute approximate surface area is 203 Å². The van der Waals surface area contributed by atoms with Gasteiger partial charge >= 0.3 is 18.4 Å². The fourth-order valence-corrected chi connectivity index (χ4v) is 4.22. The van der Waals surface area contributed by atoms with E-state index in [0.29, 0.717) is 42.6 Å². The van der Waals surface area contributed by atoms with E-state index in [1.807, 2.05) is 6.07 Å². The van der Waals surface area contributed by atoms with Crippen LogP contribution in [0.4, 0.5) is 36.8 Å². The van der Waals surface area contributed by atoms with Crippen molar-refractivity contribution in [3.05, 3.63) is 88.5 Å². The minimum atomic E-state index is -4.94. The number of nitrogens with one attached hydrogen (secondary N) is 2. The Hall–Kier alpha value is -3.53. The smallest absolute Gasteiger partial charge is 0.393 e. The number of anilines is 1. The predicted octanol–water partition coefficient (Wildman–Crippen LogP) is 6.56. The number of rotatable bonds is 4. The van der Waals surface area contributed by atoms with Crippen LogP contribution in [-0.2, 0) is 31.7 Å². The topological polar surface area (TPSA) is 61.4 Å². The number of urea groups is 1. The van der Waals surface area contributed by atoms with E-state index < -0.39 is 35.6 Å². The average molecular weight is 508 g/mol. The molecule has 0 heterocycles. The number of carbonyl (C=O) groups is 1. The molecule has 0 aromatic heterocycles. The summed E-state index contributed by atoms with van der Waals surface area (Å²) in [4.78, 5) is 12.5. The number of aliphatic hydroxyl groups excluding tert-OH is 1. The van der Waals surface area contributed by atoms with Crippen LogP contribution < -0.4 is 10.6 Å². The molecular weight excluding hydrogens is 486 g/mol. The van der Waals surface area contributed by atoms with Gasteiger partial charge in [0, 0.05) is 18.7 Å². The first kappa shape index (κ1) is 25.6. The minimum absolute atomic E-state index is 0.0115. The molecule has 0 aliphatic heterocycles. The molecule has 0 fully saturated rings. The molecule has 0 saturated carbocycles. The number of alkyl halides is 6. The first-order valence-electron chi connectivity index (χ1n) is 11.1. The Balaban J connectivity index is 1.50. The molecule has 3 N–H and O–H groups in total. The second-order valence-corrected chi connectivity index (χ2v) is 8.64. The summed E-state index contributed by atoms with van der Waals surface area (Å²) in [5.41, 5.74) is 0.0808. The average Bonchev–Trinajstić information content (AvgIpc) is 2.82. The Kier molecular flexibility index (Phi) is 6.99. The van der Waals surface area contributed by atoms with Gasteiger partial charge in [-0.2, -0.15) is 26.3 Å². The molecule has 0 saturated heterocycles. The highest BCUT2D eigenvalue weighted by molar-refractivity contribution is 5.90. The maximum absolute atomic E-state index is 13.2. The lowest BCUT2D eigenvalue weighted by molar-refractivity contribution is -0.143. The Morgan fingerprint density at radius 1 is 0.889 bits per heavy atom. The van der Waals surface area contributed by atoms with Crippen molar-refractivity contribution in [3.8, 4) is 11.1 Å². The largest absolute Gasteiger partial charge is 0.416 e. The van der Waals surface area contributed by atoms with Gasteiger partial charge in [-0.05, 0) is 71.0 Å². The summed E-state index contributed by atoms with van der Waals surface area (Å²) >= 11 is 0. The van der Waals surface area contributed by atoms with E-state index in [1.54, 1.807) is 18.2 Å². The standard InChI is InChI=1S/C26H22F6N2O2/c27-25(28,29)19-10-18(11-20(12-19)26(30,31)32)17-5-1-3-15(9-17)14-33-24(36)34-23-6-2-4-16-7-8-21(35)13-22(16)23/h1-6,9-12,21,35H,7-8,13-14H2,(H2,33,34,36). The normalized spacial score (nSPS) is 15.8. The summed E-state index contributed by atoms with van der Waals surface area (Å²) in [6, 6.07) is 12.3. The maximum atomic E-state index is 13.2. The van der Waals surface area contributed by atoms with Crippen molar-refractivity contribution in [3.63, 3.8) is 0 Å². The van der Waals surface area contributed by atoms with E-state index in [0.717, 1.165) is 11.1 Å². The third-order valence-electron chi connectivity index (χ3n) is 6.01. The van der Waals surface area contributed by atoms with E-state index in [9.17, 15) is 36.2 Å². The van der Waals surface area contributed by atoms with Gasteiger partial charge in [0.1, 0.15) is 0 Å².